The highest BCUT2D eigenvalue weighted by Gasteiger charge is 1.81. The van der Waals surface area contributed by atoms with E-state index < -0.39 is 5.97 Å². The van der Waals surface area contributed by atoms with E-state index in [4.69, 9.17) is 11.6 Å². The van der Waals surface area contributed by atoms with Gasteiger partial charge in [0.05, 0.1) is 7.11 Å². The van der Waals surface area contributed by atoms with Gasteiger partial charge in [0.25, 0.3) is 0 Å². The number of hydrogen-bond acceptors (Lipinski definition) is 2. The molecule has 0 N–H and O–H groups in total. The van der Waals surface area contributed by atoms with Crippen LogP contribution in [0, 0.1) is 0 Å². The minimum atomic E-state index is -0.394. The molecule has 0 rings (SSSR count). The van der Waals surface area contributed by atoms with Gasteiger partial charge in [0.15, 0.2) is 0 Å². The van der Waals surface area contributed by atoms with Gasteiger partial charge in [-0.1, -0.05) is 24.8 Å². The summed E-state index contributed by atoms with van der Waals surface area (Å²) >= 11 is 4.76. The van der Waals surface area contributed by atoms with E-state index in [1.807, 2.05) is 0 Å². The minimum absolute atomic E-state index is 0. The highest BCUT2D eigenvalue weighted by molar-refractivity contribution is 6.25. The number of methoxy groups -OCH3 is 1. The summed E-state index contributed by atoms with van der Waals surface area (Å²) in [6.45, 7) is 6.28. The molecular formula is C6H10Cl2O2. The third-order valence-electron chi connectivity index (χ3n) is 0.368. The molecule has 0 saturated heterocycles. The molecule has 4 heteroatoms. The van der Waals surface area contributed by atoms with Gasteiger partial charge >= 0.3 is 5.97 Å². The molecule has 0 amide bonds. The average Bonchev–Trinajstić information content (AvgIpc) is 1.88. The quantitative estimate of drug-likeness (QED) is 0.462. The highest BCUT2D eigenvalue weighted by Crippen LogP contribution is 1.67. The van der Waals surface area contributed by atoms with Gasteiger partial charge in [0.1, 0.15) is 0 Å². The van der Waals surface area contributed by atoms with Crippen LogP contribution >= 0.6 is 24.0 Å². The Morgan fingerprint density at radius 1 is 1.60 bits per heavy atom. The molecule has 0 aliphatic carbocycles. The number of carbonyl (C=O) groups is 1. The van der Waals surface area contributed by atoms with Crippen LogP contribution in [-0.4, -0.2) is 13.1 Å². The average molecular weight is 185 g/mol. The van der Waals surface area contributed by atoms with Crippen molar-refractivity contribution < 1.29 is 9.53 Å². The zero-order valence-electron chi connectivity index (χ0n) is 5.67. The summed E-state index contributed by atoms with van der Waals surface area (Å²) in [6.07, 6.45) is 1.11. The van der Waals surface area contributed by atoms with E-state index >= 15 is 0 Å². The summed E-state index contributed by atoms with van der Waals surface area (Å²) in [5.41, 5.74) is 1.22. The summed E-state index contributed by atoms with van der Waals surface area (Å²) in [4.78, 5) is 9.84. The maximum absolute atomic E-state index is 9.84. The molecule has 0 aromatic rings. The lowest BCUT2D eigenvalue weighted by molar-refractivity contribution is -0.134. The number of hydrogen-bond donors (Lipinski definition) is 0. The Balaban J connectivity index is -0.000000107. The van der Waals surface area contributed by atoms with E-state index in [0.717, 1.165) is 6.08 Å². The predicted octanol–water partition coefficient (Wildman–Crippen LogP) is 2.14. The van der Waals surface area contributed by atoms with Crippen LogP contribution in [0.25, 0.3) is 0 Å². The van der Waals surface area contributed by atoms with Crippen molar-refractivity contribution in [3.8, 4) is 0 Å². The molecule has 0 aliphatic rings. The summed E-state index contributed by atoms with van der Waals surface area (Å²) in [5, 5.41) is 0. The first-order chi connectivity index (χ1) is 4.22. The van der Waals surface area contributed by atoms with Gasteiger partial charge in [0, 0.05) is 6.08 Å². The van der Waals surface area contributed by atoms with Gasteiger partial charge in [0.2, 0.25) is 0 Å². The molecule has 2 nitrogen and oxygen atoms in total. The Bertz CT molecular complexity index is 102. The van der Waals surface area contributed by atoms with Crippen LogP contribution in [0.2, 0.25) is 0 Å². The number of carbonyl (C=O) groups excluding carboxylic acids is 1. The summed E-state index contributed by atoms with van der Waals surface area (Å²) in [5.74, 6) is -0.394. The lowest BCUT2D eigenvalue weighted by Crippen LogP contribution is -1.91. The second-order valence-electron chi connectivity index (χ2n) is 0.882. The van der Waals surface area contributed by atoms with E-state index in [2.05, 4.69) is 17.9 Å². The van der Waals surface area contributed by atoms with Crippen LogP contribution in [0.3, 0.4) is 0 Å². The molecule has 0 unspecified atom stereocenters. The predicted molar refractivity (Wildman–Crippen MR) is 45.5 cm³/mol. The molecule has 0 fully saturated rings. The molecule has 0 aromatic carbocycles. The summed E-state index contributed by atoms with van der Waals surface area (Å²) in [6, 6.07) is 0. The fourth-order valence-electron chi connectivity index (χ4n) is 0.0833. The van der Waals surface area contributed by atoms with E-state index in [-0.39, 0.29) is 12.4 Å². The number of esters is 1. The van der Waals surface area contributed by atoms with Crippen LogP contribution in [0.4, 0.5) is 0 Å². The fraction of sp³-hybridized carbons (Fsp3) is 0.167. The van der Waals surface area contributed by atoms with E-state index in [1.54, 1.807) is 0 Å². The SMILES string of the molecule is C=CC(=O)OC.C=CCl.Cl. The minimum Gasteiger partial charge on any atom is -0.466 e. The standard InChI is InChI=1S/C4H6O2.C2H3Cl.ClH/c1-3-4(5)6-2;1-2-3;/h3H,1H2,2H3;2H,1H2;1H. The van der Waals surface area contributed by atoms with Crippen molar-refractivity contribution in [2.24, 2.45) is 0 Å². The largest absolute Gasteiger partial charge is 0.466 e. The Labute approximate surface area is 71.9 Å². The van der Waals surface area contributed by atoms with Crippen molar-refractivity contribution in [2.75, 3.05) is 7.11 Å². The van der Waals surface area contributed by atoms with Crippen molar-refractivity contribution in [1.82, 2.24) is 0 Å². The molecule has 0 saturated carbocycles. The molecule has 0 radical (unpaired) electrons. The fourth-order valence-corrected chi connectivity index (χ4v) is 0.0833. The Hall–Kier alpha value is -0.470. The van der Waals surface area contributed by atoms with Crippen molar-refractivity contribution in [3.63, 3.8) is 0 Å². The van der Waals surface area contributed by atoms with Crippen LogP contribution < -0.4 is 0 Å². The molecule has 10 heavy (non-hydrogen) atoms. The number of ether oxygens (including phenoxy) is 1. The van der Waals surface area contributed by atoms with Crippen molar-refractivity contribution >= 4 is 30.0 Å². The van der Waals surface area contributed by atoms with E-state index in [1.165, 1.54) is 12.6 Å². The number of halogens is 2. The normalized spacial score (nSPS) is 5.40. The van der Waals surface area contributed by atoms with Gasteiger partial charge in [-0.15, -0.1) is 12.4 Å². The van der Waals surface area contributed by atoms with Crippen LogP contribution in [-0.2, 0) is 9.53 Å². The van der Waals surface area contributed by atoms with Gasteiger partial charge < -0.3 is 4.74 Å². The Morgan fingerprint density at radius 2 is 1.90 bits per heavy atom. The lowest BCUT2D eigenvalue weighted by atomic mass is 10.7. The first-order valence-electron chi connectivity index (χ1n) is 2.14. The molecule has 0 bridgehead atoms. The smallest absolute Gasteiger partial charge is 0.329 e. The van der Waals surface area contributed by atoms with E-state index in [0.29, 0.717) is 0 Å². The second-order valence-corrected chi connectivity index (χ2v) is 1.19. The third-order valence-corrected chi connectivity index (χ3v) is 0.368. The first kappa shape index (κ1) is 16.3. The van der Waals surface area contributed by atoms with Crippen LogP contribution in [0.5, 0.6) is 0 Å². The molecule has 0 aliphatic heterocycles. The molecule has 0 spiro atoms. The van der Waals surface area contributed by atoms with Gasteiger partial charge in [-0.05, 0) is 5.54 Å². The second kappa shape index (κ2) is 15.8. The molecule has 60 valence electrons. The zero-order valence-corrected chi connectivity index (χ0v) is 7.24. The van der Waals surface area contributed by atoms with Crippen LogP contribution in [0.15, 0.2) is 24.8 Å². The monoisotopic (exact) mass is 184 g/mol. The molecule has 0 heterocycles. The summed E-state index contributed by atoms with van der Waals surface area (Å²) < 4.78 is 4.14. The van der Waals surface area contributed by atoms with Crippen molar-refractivity contribution in [3.05, 3.63) is 24.8 Å². The van der Waals surface area contributed by atoms with Crippen molar-refractivity contribution in [2.45, 2.75) is 0 Å². The molecule has 0 atom stereocenters. The Kier molecular flexibility index (Phi) is 25.7. The van der Waals surface area contributed by atoms with Crippen molar-refractivity contribution in [1.29, 1.82) is 0 Å². The lowest BCUT2D eigenvalue weighted by Gasteiger charge is -1.83. The topological polar surface area (TPSA) is 26.3 Å². The zero-order chi connectivity index (χ0) is 7.70. The highest BCUT2D eigenvalue weighted by atomic mass is 35.5. The Morgan fingerprint density at radius 3 is 1.90 bits per heavy atom. The third kappa shape index (κ3) is 25.8. The molecular weight excluding hydrogens is 175 g/mol. The van der Waals surface area contributed by atoms with Crippen LogP contribution in [0.1, 0.15) is 0 Å². The first-order valence-corrected chi connectivity index (χ1v) is 2.58. The van der Waals surface area contributed by atoms with Gasteiger partial charge in [-0.3, -0.25) is 0 Å². The maximum atomic E-state index is 9.84. The summed E-state index contributed by atoms with van der Waals surface area (Å²) in [7, 11) is 1.31. The van der Waals surface area contributed by atoms with E-state index in [9.17, 15) is 4.79 Å². The maximum Gasteiger partial charge on any atom is 0.329 e. The number of rotatable bonds is 1. The molecule has 0 aromatic heterocycles. The van der Waals surface area contributed by atoms with Gasteiger partial charge in [-0.2, -0.15) is 0 Å². The van der Waals surface area contributed by atoms with Gasteiger partial charge in [-0.25, -0.2) is 4.79 Å².